The minimum Gasteiger partial charge on any atom is -0.314 e. The van der Waals surface area contributed by atoms with E-state index in [1.165, 1.54) is 12.1 Å². The first kappa shape index (κ1) is 11.0. The molecule has 1 saturated carbocycles. The summed E-state index contributed by atoms with van der Waals surface area (Å²) in [6.45, 7) is 0. The van der Waals surface area contributed by atoms with Crippen LogP contribution in [0, 0.1) is 15.9 Å². The molecule has 0 radical (unpaired) electrons. The number of halogens is 1. The van der Waals surface area contributed by atoms with Crippen LogP contribution in [0.15, 0.2) is 18.2 Å². The first-order chi connectivity index (χ1) is 7.58. The van der Waals surface area contributed by atoms with Gasteiger partial charge in [-0.15, -0.1) is 0 Å². The fourth-order valence-corrected chi connectivity index (χ4v) is 1.87. The van der Waals surface area contributed by atoms with Crippen LogP contribution in [0.1, 0.15) is 18.4 Å². The van der Waals surface area contributed by atoms with Crippen LogP contribution in [0.2, 0.25) is 0 Å². The van der Waals surface area contributed by atoms with Crippen molar-refractivity contribution in [1.29, 1.82) is 0 Å². The Kier molecular flexibility index (Phi) is 2.63. The van der Waals surface area contributed by atoms with Crippen LogP contribution in [-0.4, -0.2) is 17.5 Å². The summed E-state index contributed by atoms with van der Waals surface area (Å²) in [5.41, 5.74) is -0.0683. The highest BCUT2D eigenvalue weighted by molar-refractivity contribution is 5.38. The zero-order chi connectivity index (χ0) is 11.8. The number of nitro benzene ring substituents is 1. The third kappa shape index (κ3) is 1.90. The van der Waals surface area contributed by atoms with Crippen molar-refractivity contribution in [2.75, 3.05) is 7.05 Å². The molecule has 0 unspecified atom stereocenters. The average Bonchev–Trinajstić information content (AvgIpc) is 3.01. The predicted octanol–water partition coefficient (Wildman–Crippen LogP) is 2.03. The summed E-state index contributed by atoms with van der Waals surface area (Å²) in [4.78, 5) is 9.89. The Bertz CT molecular complexity index is 430. The summed E-state index contributed by atoms with van der Waals surface area (Å²) in [7, 11) is 1.84. The molecule has 0 saturated heterocycles. The van der Waals surface area contributed by atoms with E-state index in [1.54, 1.807) is 6.07 Å². The number of nitro groups is 1. The largest absolute Gasteiger partial charge is 0.314 e. The number of nitrogens with one attached hydrogen (secondary N) is 1. The number of nitrogens with zero attached hydrogens (tertiary/aromatic N) is 1. The quantitative estimate of drug-likeness (QED) is 0.628. The Labute approximate surface area is 92.6 Å². The summed E-state index contributed by atoms with van der Waals surface area (Å²) >= 11 is 0. The molecule has 1 fully saturated rings. The van der Waals surface area contributed by atoms with Crippen molar-refractivity contribution in [2.45, 2.75) is 24.8 Å². The smallest absolute Gasteiger partial charge is 0.305 e. The van der Waals surface area contributed by atoms with Gasteiger partial charge in [-0.05, 0) is 31.9 Å². The normalized spacial score (nSPS) is 17.1. The highest BCUT2D eigenvalue weighted by Crippen LogP contribution is 2.39. The molecule has 16 heavy (non-hydrogen) atoms. The van der Waals surface area contributed by atoms with Crippen LogP contribution >= 0.6 is 0 Å². The monoisotopic (exact) mass is 224 g/mol. The Morgan fingerprint density at radius 3 is 2.75 bits per heavy atom. The van der Waals surface area contributed by atoms with E-state index in [0.717, 1.165) is 12.8 Å². The van der Waals surface area contributed by atoms with Gasteiger partial charge in [0.2, 0.25) is 5.82 Å². The first-order valence-corrected chi connectivity index (χ1v) is 5.19. The molecule has 0 amide bonds. The lowest BCUT2D eigenvalue weighted by Crippen LogP contribution is -2.30. The molecular formula is C11H13FN2O2. The number of likely N-dealkylation sites (N-methyl/N-ethyl adjacent to an activating group) is 1. The van der Waals surface area contributed by atoms with Crippen LogP contribution in [0.25, 0.3) is 0 Å². The summed E-state index contributed by atoms with van der Waals surface area (Å²) in [5.74, 6) is -0.700. The van der Waals surface area contributed by atoms with Gasteiger partial charge in [0.05, 0.1) is 4.92 Å². The van der Waals surface area contributed by atoms with Crippen LogP contribution in [0.4, 0.5) is 10.1 Å². The molecule has 86 valence electrons. The summed E-state index contributed by atoms with van der Waals surface area (Å²) in [6.07, 6.45) is 2.49. The Morgan fingerprint density at radius 2 is 2.25 bits per heavy atom. The third-order valence-corrected chi connectivity index (χ3v) is 3.17. The maximum absolute atomic E-state index is 13.7. The summed E-state index contributed by atoms with van der Waals surface area (Å²) in [5, 5.41) is 13.7. The maximum Gasteiger partial charge on any atom is 0.305 e. The van der Waals surface area contributed by atoms with E-state index >= 15 is 0 Å². The molecule has 1 aliphatic carbocycles. The molecular weight excluding hydrogens is 211 g/mol. The van der Waals surface area contributed by atoms with Crippen molar-refractivity contribution in [3.05, 3.63) is 39.7 Å². The lowest BCUT2D eigenvalue weighted by molar-refractivity contribution is -0.387. The Balaban J connectivity index is 2.28. The highest BCUT2D eigenvalue weighted by Gasteiger charge is 2.41. The molecule has 1 N–H and O–H groups in total. The molecule has 1 aliphatic rings. The lowest BCUT2D eigenvalue weighted by Gasteiger charge is -2.14. The SMILES string of the molecule is CNC1(Cc2cccc([N+](=O)[O-])c2F)CC1. The fraction of sp³-hybridized carbons (Fsp3) is 0.455. The van der Waals surface area contributed by atoms with E-state index in [-0.39, 0.29) is 5.54 Å². The molecule has 0 atom stereocenters. The van der Waals surface area contributed by atoms with E-state index in [2.05, 4.69) is 5.32 Å². The molecule has 0 aliphatic heterocycles. The standard InChI is InChI=1S/C11H13FN2O2/c1-13-11(5-6-11)7-8-3-2-4-9(10(8)12)14(15)16/h2-4,13H,5-7H2,1H3. The first-order valence-electron chi connectivity index (χ1n) is 5.19. The van der Waals surface area contributed by atoms with E-state index in [4.69, 9.17) is 0 Å². The zero-order valence-electron chi connectivity index (χ0n) is 9.00. The second-order valence-electron chi connectivity index (χ2n) is 4.21. The molecule has 2 rings (SSSR count). The van der Waals surface area contributed by atoms with E-state index in [9.17, 15) is 14.5 Å². The van der Waals surface area contributed by atoms with Crippen molar-refractivity contribution in [3.8, 4) is 0 Å². The minimum atomic E-state index is -0.700. The van der Waals surface area contributed by atoms with Gasteiger partial charge in [-0.3, -0.25) is 10.1 Å². The third-order valence-electron chi connectivity index (χ3n) is 3.17. The molecule has 1 aromatic rings. The predicted molar refractivity (Wildman–Crippen MR) is 57.8 cm³/mol. The molecule has 4 nitrogen and oxygen atoms in total. The van der Waals surface area contributed by atoms with Gasteiger partial charge in [0.1, 0.15) is 0 Å². The van der Waals surface area contributed by atoms with Crippen LogP contribution in [0.5, 0.6) is 0 Å². The van der Waals surface area contributed by atoms with Crippen molar-refractivity contribution in [3.63, 3.8) is 0 Å². The van der Waals surface area contributed by atoms with Crippen molar-refractivity contribution in [2.24, 2.45) is 0 Å². The zero-order valence-corrected chi connectivity index (χ0v) is 9.00. The van der Waals surface area contributed by atoms with Crippen LogP contribution < -0.4 is 5.32 Å². The molecule has 1 aromatic carbocycles. The fourth-order valence-electron chi connectivity index (χ4n) is 1.87. The van der Waals surface area contributed by atoms with Crippen molar-refractivity contribution in [1.82, 2.24) is 5.32 Å². The van der Waals surface area contributed by atoms with E-state index < -0.39 is 16.4 Å². The van der Waals surface area contributed by atoms with Gasteiger partial charge in [-0.1, -0.05) is 12.1 Å². The van der Waals surface area contributed by atoms with Crippen LogP contribution in [0.3, 0.4) is 0 Å². The van der Waals surface area contributed by atoms with Crippen molar-refractivity contribution >= 4 is 5.69 Å². The van der Waals surface area contributed by atoms with Crippen LogP contribution in [-0.2, 0) is 6.42 Å². The second-order valence-corrected chi connectivity index (χ2v) is 4.21. The Morgan fingerprint density at radius 1 is 1.56 bits per heavy atom. The number of hydrogen-bond acceptors (Lipinski definition) is 3. The van der Waals surface area contributed by atoms with Gasteiger partial charge in [-0.2, -0.15) is 4.39 Å². The topological polar surface area (TPSA) is 55.2 Å². The summed E-state index contributed by atoms with van der Waals surface area (Å²) in [6, 6.07) is 4.33. The molecule has 0 aromatic heterocycles. The maximum atomic E-state index is 13.7. The minimum absolute atomic E-state index is 0.0456. The number of rotatable bonds is 4. The van der Waals surface area contributed by atoms with E-state index in [1.807, 2.05) is 7.05 Å². The average molecular weight is 224 g/mol. The number of hydrogen-bond donors (Lipinski definition) is 1. The molecule has 0 heterocycles. The molecule has 5 heteroatoms. The number of benzene rings is 1. The highest BCUT2D eigenvalue weighted by atomic mass is 19.1. The Hall–Kier alpha value is -1.49. The second kappa shape index (κ2) is 3.83. The van der Waals surface area contributed by atoms with Gasteiger partial charge < -0.3 is 5.32 Å². The van der Waals surface area contributed by atoms with Gasteiger partial charge in [0, 0.05) is 11.6 Å². The molecule has 0 bridgehead atoms. The lowest BCUT2D eigenvalue weighted by atomic mass is 10.0. The molecule has 0 spiro atoms. The van der Waals surface area contributed by atoms with Crippen molar-refractivity contribution < 1.29 is 9.31 Å². The van der Waals surface area contributed by atoms with Gasteiger partial charge >= 0.3 is 5.69 Å². The van der Waals surface area contributed by atoms with Gasteiger partial charge in [-0.25, -0.2) is 0 Å². The van der Waals surface area contributed by atoms with Gasteiger partial charge in [0.15, 0.2) is 0 Å². The summed E-state index contributed by atoms with van der Waals surface area (Å²) < 4.78 is 13.7. The van der Waals surface area contributed by atoms with Gasteiger partial charge in [0.25, 0.3) is 0 Å². The van der Waals surface area contributed by atoms with E-state index in [0.29, 0.717) is 12.0 Å².